The van der Waals surface area contributed by atoms with Crippen molar-refractivity contribution in [2.24, 2.45) is 0 Å². The number of ether oxygens (including phenoxy) is 2. The van der Waals surface area contributed by atoms with Gasteiger partial charge in [-0.1, -0.05) is 6.92 Å². The quantitative estimate of drug-likeness (QED) is 0.634. The molecule has 4 heteroatoms. The molecule has 90 valence electrons. The molecule has 1 unspecified atom stereocenters. The third kappa shape index (κ3) is 7.68. The number of thioether (sulfide) groups is 1. The van der Waals surface area contributed by atoms with E-state index in [0.717, 1.165) is 12.2 Å². The normalized spacial score (nSPS) is 13.7. The van der Waals surface area contributed by atoms with Crippen molar-refractivity contribution in [3.05, 3.63) is 0 Å². The van der Waals surface area contributed by atoms with Crippen LogP contribution in [0.15, 0.2) is 0 Å². The van der Waals surface area contributed by atoms with Crippen LogP contribution in [0.4, 0.5) is 0 Å². The van der Waals surface area contributed by atoms with E-state index < -0.39 is 0 Å². The van der Waals surface area contributed by atoms with Crippen LogP contribution in [-0.4, -0.2) is 36.8 Å². The highest BCUT2D eigenvalue weighted by molar-refractivity contribution is 7.99. The van der Waals surface area contributed by atoms with Crippen molar-refractivity contribution in [1.29, 1.82) is 0 Å². The summed E-state index contributed by atoms with van der Waals surface area (Å²) >= 11 is 1.78. The second-order valence-corrected chi connectivity index (χ2v) is 5.72. The van der Waals surface area contributed by atoms with E-state index in [9.17, 15) is 4.79 Å². The molecule has 0 aliphatic rings. The predicted octanol–water partition coefficient (Wildman–Crippen LogP) is 2.49. The van der Waals surface area contributed by atoms with Crippen LogP contribution in [0.2, 0.25) is 0 Å². The largest absolute Gasteiger partial charge is 0.469 e. The van der Waals surface area contributed by atoms with Crippen molar-refractivity contribution in [3.8, 4) is 0 Å². The lowest BCUT2D eigenvalue weighted by atomic mass is 10.1. The van der Waals surface area contributed by atoms with Crippen LogP contribution in [-0.2, 0) is 14.3 Å². The standard InChI is InChI=1S/C11H22O3S/c1-9(8-10(12)13-4)15-7-6-11(2,3)14-5/h9H,6-8H2,1-5H3. The van der Waals surface area contributed by atoms with Gasteiger partial charge >= 0.3 is 5.97 Å². The van der Waals surface area contributed by atoms with Crippen molar-refractivity contribution in [2.75, 3.05) is 20.0 Å². The van der Waals surface area contributed by atoms with E-state index in [1.54, 1.807) is 18.9 Å². The Kier molecular flexibility index (Phi) is 7.02. The lowest BCUT2D eigenvalue weighted by molar-refractivity contribution is -0.140. The number of esters is 1. The SMILES string of the molecule is COC(=O)CC(C)SCCC(C)(C)OC. The Morgan fingerprint density at radius 2 is 2.00 bits per heavy atom. The van der Waals surface area contributed by atoms with Crippen molar-refractivity contribution in [3.63, 3.8) is 0 Å². The Morgan fingerprint density at radius 3 is 2.47 bits per heavy atom. The summed E-state index contributed by atoms with van der Waals surface area (Å²) in [6, 6.07) is 0. The van der Waals surface area contributed by atoms with E-state index >= 15 is 0 Å². The van der Waals surface area contributed by atoms with E-state index in [2.05, 4.69) is 18.6 Å². The number of hydrogen-bond donors (Lipinski definition) is 0. The molecule has 0 amide bonds. The molecule has 0 aliphatic heterocycles. The Balaban J connectivity index is 3.63. The van der Waals surface area contributed by atoms with Gasteiger partial charge in [-0.05, 0) is 26.0 Å². The van der Waals surface area contributed by atoms with Gasteiger partial charge in [0, 0.05) is 12.4 Å². The fraction of sp³-hybridized carbons (Fsp3) is 0.909. The molecule has 0 spiro atoms. The molecule has 3 nitrogen and oxygen atoms in total. The Labute approximate surface area is 96.9 Å². The minimum atomic E-state index is -0.138. The van der Waals surface area contributed by atoms with Crippen molar-refractivity contribution in [2.45, 2.75) is 44.5 Å². The molecule has 0 saturated heterocycles. The molecule has 1 atom stereocenters. The van der Waals surface area contributed by atoms with Crippen LogP contribution in [0.5, 0.6) is 0 Å². The molecule has 0 bridgehead atoms. The van der Waals surface area contributed by atoms with Gasteiger partial charge in [0.25, 0.3) is 0 Å². The van der Waals surface area contributed by atoms with Crippen LogP contribution in [0.3, 0.4) is 0 Å². The van der Waals surface area contributed by atoms with Crippen molar-refractivity contribution in [1.82, 2.24) is 0 Å². The smallest absolute Gasteiger partial charge is 0.306 e. The lowest BCUT2D eigenvalue weighted by Crippen LogP contribution is -2.23. The summed E-state index contributed by atoms with van der Waals surface area (Å²) < 4.78 is 9.93. The highest BCUT2D eigenvalue weighted by Gasteiger charge is 2.17. The fourth-order valence-corrected chi connectivity index (χ4v) is 2.25. The predicted molar refractivity (Wildman–Crippen MR) is 64.3 cm³/mol. The Morgan fingerprint density at radius 1 is 1.40 bits per heavy atom. The van der Waals surface area contributed by atoms with Gasteiger partial charge in [-0.15, -0.1) is 0 Å². The van der Waals surface area contributed by atoms with Gasteiger partial charge < -0.3 is 9.47 Å². The zero-order chi connectivity index (χ0) is 11.9. The molecule has 0 saturated carbocycles. The number of methoxy groups -OCH3 is 2. The van der Waals surface area contributed by atoms with Crippen LogP contribution < -0.4 is 0 Å². The zero-order valence-corrected chi connectivity index (χ0v) is 11.1. The maximum Gasteiger partial charge on any atom is 0.306 e. The van der Waals surface area contributed by atoms with E-state index in [1.807, 2.05) is 6.92 Å². The summed E-state index contributed by atoms with van der Waals surface area (Å²) in [4.78, 5) is 11.0. The van der Waals surface area contributed by atoms with Gasteiger partial charge in [-0.25, -0.2) is 0 Å². The maximum absolute atomic E-state index is 11.0. The van der Waals surface area contributed by atoms with Crippen LogP contribution in [0.1, 0.15) is 33.6 Å². The highest BCUT2D eigenvalue weighted by Crippen LogP contribution is 2.21. The van der Waals surface area contributed by atoms with Gasteiger partial charge in [0.1, 0.15) is 0 Å². The summed E-state index contributed by atoms with van der Waals surface area (Å²) in [6.45, 7) is 6.18. The third-order valence-corrected chi connectivity index (χ3v) is 3.52. The third-order valence-electron chi connectivity index (χ3n) is 2.34. The van der Waals surface area contributed by atoms with Crippen LogP contribution in [0.25, 0.3) is 0 Å². The van der Waals surface area contributed by atoms with E-state index in [1.165, 1.54) is 7.11 Å². The van der Waals surface area contributed by atoms with Crippen molar-refractivity contribution < 1.29 is 14.3 Å². The molecule has 0 aromatic rings. The van der Waals surface area contributed by atoms with Gasteiger partial charge in [0.2, 0.25) is 0 Å². The maximum atomic E-state index is 11.0. The molecule has 0 N–H and O–H groups in total. The molecule has 0 fully saturated rings. The molecule has 0 radical (unpaired) electrons. The number of carbonyl (C=O) groups is 1. The van der Waals surface area contributed by atoms with Crippen LogP contribution in [0, 0.1) is 0 Å². The first-order valence-corrected chi connectivity index (χ1v) is 6.19. The molecular formula is C11H22O3S. The summed E-state index contributed by atoms with van der Waals surface area (Å²) in [5.41, 5.74) is -0.0714. The number of carbonyl (C=O) groups excluding carboxylic acids is 1. The topological polar surface area (TPSA) is 35.5 Å². The number of rotatable bonds is 7. The Hall–Kier alpha value is -0.220. The summed E-state index contributed by atoms with van der Waals surface area (Å²) in [6.07, 6.45) is 1.47. The highest BCUT2D eigenvalue weighted by atomic mass is 32.2. The van der Waals surface area contributed by atoms with Crippen molar-refractivity contribution >= 4 is 17.7 Å². The molecule has 0 aromatic heterocycles. The summed E-state index contributed by atoms with van der Waals surface area (Å²) in [5, 5.41) is 0.310. The second kappa shape index (κ2) is 7.12. The molecule has 15 heavy (non-hydrogen) atoms. The zero-order valence-electron chi connectivity index (χ0n) is 10.3. The average molecular weight is 234 g/mol. The van der Waals surface area contributed by atoms with Gasteiger partial charge in [-0.3, -0.25) is 4.79 Å². The molecule has 0 aromatic carbocycles. The molecule has 0 rings (SSSR count). The monoisotopic (exact) mass is 234 g/mol. The number of hydrogen-bond acceptors (Lipinski definition) is 4. The minimum Gasteiger partial charge on any atom is -0.469 e. The van der Waals surface area contributed by atoms with E-state index in [4.69, 9.17) is 4.74 Å². The van der Waals surface area contributed by atoms with Gasteiger partial charge in [0.05, 0.1) is 19.1 Å². The molecular weight excluding hydrogens is 212 g/mol. The second-order valence-electron chi connectivity index (χ2n) is 4.18. The van der Waals surface area contributed by atoms with Gasteiger partial charge in [0.15, 0.2) is 0 Å². The Bertz CT molecular complexity index is 192. The molecule has 0 heterocycles. The first kappa shape index (κ1) is 14.8. The van der Waals surface area contributed by atoms with E-state index in [0.29, 0.717) is 11.7 Å². The first-order valence-electron chi connectivity index (χ1n) is 5.15. The van der Waals surface area contributed by atoms with Crippen LogP contribution >= 0.6 is 11.8 Å². The average Bonchev–Trinajstić information content (AvgIpc) is 2.17. The first-order chi connectivity index (χ1) is 6.91. The van der Waals surface area contributed by atoms with Gasteiger partial charge in [-0.2, -0.15) is 11.8 Å². The minimum absolute atomic E-state index is 0.0714. The summed E-state index contributed by atoms with van der Waals surface area (Å²) in [5.74, 6) is 0.861. The lowest BCUT2D eigenvalue weighted by Gasteiger charge is -2.23. The molecule has 0 aliphatic carbocycles. The fourth-order valence-electron chi connectivity index (χ4n) is 0.985. The summed E-state index contributed by atoms with van der Waals surface area (Å²) in [7, 11) is 3.15. The van der Waals surface area contributed by atoms with E-state index in [-0.39, 0.29) is 11.6 Å².